The molecule has 1 saturated heterocycles. The molecule has 0 spiro atoms. The van der Waals surface area contributed by atoms with Crippen LogP contribution in [0.25, 0.3) is 0 Å². The molecule has 7 heteroatoms. The molecule has 0 radical (unpaired) electrons. The number of carbonyl (C=O) groups excluding carboxylic acids is 1. The summed E-state index contributed by atoms with van der Waals surface area (Å²) in [7, 11) is 1.56. The average Bonchev–Trinajstić information content (AvgIpc) is 2.81. The molecule has 0 aliphatic carbocycles. The molecule has 1 aromatic rings. The summed E-state index contributed by atoms with van der Waals surface area (Å²) in [6.07, 6.45) is -0.164. The first kappa shape index (κ1) is 14.0. The van der Waals surface area contributed by atoms with E-state index < -0.39 is 11.8 Å². The van der Waals surface area contributed by atoms with E-state index in [1.807, 2.05) is 0 Å². The number of carbonyl (C=O) groups is 1. The van der Waals surface area contributed by atoms with Crippen LogP contribution in [0.3, 0.4) is 0 Å². The van der Waals surface area contributed by atoms with Crippen molar-refractivity contribution in [2.24, 2.45) is 0 Å². The smallest absolute Gasteiger partial charge is 0.319 e. The van der Waals surface area contributed by atoms with Crippen LogP contribution in [0.2, 0.25) is 5.02 Å². The highest BCUT2D eigenvalue weighted by Crippen LogP contribution is 2.19. The summed E-state index contributed by atoms with van der Waals surface area (Å²) in [4.78, 5) is 11.8. The van der Waals surface area contributed by atoms with Gasteiger partial charge in [0.25, 0.3) is 0 Å². The lowest BCUT2D eigenvalue weighted by Crippen LogP contribution is -2.45. The molecule has 1 aliphatic heterocycles. The van der Waals surface area contributed by atoms with Crippen LogP contribution in [0, 0.1) is 5.82 Å². The Morgan fingerprint density at radius 3 is 3.00 bits per heavy atom. The Labute approximate surface area is 115 Å². The van der Waals surface area contributed by atoms with Crippen molar-refractivity contribution in [1.82, 2.24) is 5.32 Å². The normalized spacial score (nSPS) is 22.3. The molecule has 1 heterocycles. The molecule has 2 atom stereocenters. The molecule has 0 bridgehead atoms. The molecule has 0 aromatic heterocycles. The van der Waals surface area contributed by atoms with Crippen LogP contribution >= 0.6 is 11.6 Å². The van der Waals surface area contributed by atoms with Gasteiger partial charge in [-0.15, -0.1) is 0 Å². The molecular formula is C12H14ClFN2O3. The van der Waals surface area contributed by atoms with Crippen molar-refractivity contribution >= 4 is 23.3 Å². The Bertz CT molecular complexity index is 472. The van der Waals surface area contributed by atoms with Gasteiger partial charge >= 0.3 is 6.03 Å². The third-order valence-corrected chi connectivity index (χ3v) is 3.11. The van der Waals surface area contributed by atoms with E-state index in [0.717, 1.165) is 0 Å². The monoisotopic (exact) mass is 288 g/mol. The van der Waals surface area contributed by atoms with Gasteiger partial charge in [0.15, 0.2) is 0 Å². The quantitative estimate of drug-likeness (QED) is 0.894. The van der Waals surface area contributed by atoms with Crippen molar-refractivity contribution in [3.63, 3.8) is 0 Å². The lowest BCUT2D eigenvalue weighted by Gasteiger charge is -2.18. The number of anilines is 1. The van der Waals surface area contributed by atoms with Crippen molar-refractivity contribution in [1.29, 1.82) is 0 Å². The maximum absolute atomic E-state index is 13.0. The van der Waals surface area contributed by atoms with Gasteiger partial charge < -0.3 is 20.1 Å². The second-order valence-corrected chi connectivity index (χ2v) is 4.55. The first-order valence-corrected chi connectivity index (χ1v) is 6.11. The van der Waals surface area contributed by atoms with Crippen LogP contribution in [0.5, 0.6) is 0 Å². The van der Waals surface area contributed by atoms with Crippen LogP contribution in [0.15, 0.2) is 18.2 Å². The van der Waals surface area contributed by atoms with Crippen LogP contribution in [-0.2, 0) is 9.47 Å². The van der Waals surface area contributed by atoms with Crippen LogP contribution in [0.1, 0.15) is 0 Å². The maximum atomic E-state index is 13.0. The second-order valence-electron chi connectivity index (χ2n) is 4.15. The number of ether oxygens (including phenoxy) is 2. The number of urea groups is 1. The van der Waals surface area contributed by atoms with E-state index in [9.17, 15) is 9.18 Å². The minimum Gasteiger partial charge on any atom is -0.377 e. The summed E-state index contributed by atoms with van der Waals surface area (Å²) in [6.45, 7) is 0.847. The Morgan fingerprint density at radius 2 is 2.32 bits per heavy atom. The number of benzene rings is 1. The average molecular weight is 289 g/mol. The summed E-state index contributed by atoms with van der Waals surface area (Å²) in [5.74, 6) is -0.531. The molecule has 19 heavy (non-hydrogen) atoms. The molecule has 1 aromatic carbocycles. The van der Waals surface area contributed by atoms with Crippen molar-refractivity contribution < 1.29 is 18.7 Å². The number of amides is 2. The van der Waals surface area contributed by atoms with E-state index in [4.69, 9.17) is 21.1 Å². The van der Waals surface area contributed by atoms with Crippen molar-refractivity contribution in [2.45, 2.75) is 12.1 Å². The fourth-order valence-electron chi connectivity index (χ4n) is 1.81. The highest BCUT2D eigenvalue weighted by atomic mass is 35.5. The highest BCUT2D eigenvalue weighted by Gasteiger charge is 2.29. The zero-order valence-corrected chi connectivity index (χ0v) is 11.0. The standard InChI is InChI=1S/C12H14ClFN2O3/c1-18-11-6-19-5-10(11)16-12(17)15-7-2-3-9(14)8(13)4-7/h2-4,10-11H,5-6H2,1H3,(H2,15,16,17)/t10-,11-/m0/s1. The maximum Gasteiger partial charge on any atom is 0.319 e. The molecule has 0 saturated carbocycles. The van der Waals surface area contributed by atoms with E-state index in [1.165, 1.54) is 18.2 Å². The highest BCUT2D eigenvalue weighted by molar-refractivity contribution is 6.31. The van der Waals surface area contributed by atoms with Gasteiger partial charge in [0, 0.05) is 12.8 Å². The van der Waals surface area contributed by atoms with E-state index in [2.05, 4.69) is 10.6 Å². The zero-order valence-electron chi connectivity index (χ0n) is 10.3. The van der Waals surface area contributed by atoms with Gasteiger partial charge in [-0.2, -0.15) is 0 Å². The number of rotatable bonds is 3. The van der Waals surface area contributed by atoms with Gasteiger partial charge in [0.2, 0.25) is 0 Å². The van der Waals surface area contributed by atoms with Gasteiger partial charge in [0.1, 0.15) is 11.9 Å². The Kier molecular flexibility index (Phi) is 4.57. The van der Waals surface area contributed by atoms with Gasteiger partial charge in [-0.3, -0.25) is 0 Å². The topological polar surface area (TPSA) is 59.6 Å². The first-order valence-electron chi connectivity index (χ1n) is 5.73. The molecule has 1 fully saturated rings. The van der Waals surface area contributed by atoms with Crippen molar-refractivity contribution in [3.8, 4) is 0 Å². The largest absolute Gasteiger partial charge is 0.377 e. The fraction of sp³-hybridized carbons (Fsp3) is 0.417. The lowest BCUT2D eigenvalue weighted by atomic mass is 10.2. The summed E-state index contributed by atoms with van der Waals surface area (Å²) in [5, 5.41) is 5.25. The Balaban J connectivity index is 1.92. The first-order chi connectivity index (χ1) is 9.10. The predicted octanol–water partition coefficient (Wildman–Crippen LogP) is 2.01. The second kappa shape index (κ2) is 6.18. The van der Waals surface area contributed by atoms with E-state index in [1.54, 1.807) is 7.11 Å². The minimum atomic E-state index is -0.531. The predicted molar refractivity (Wildman–Crippen MR) is 69.0 cm³/mol. The third kappa shape index (κ3) is 3.56. The van der Waals surface area contributed by atoms with E-state index in [-0.39, 0.29) is 17.2 Å². The molecule has 0 unspecified atom stereocenters. The number of methoxy groups -OCH3 is 1. The molecule has 2 N–H and O–H groups in total. The fourth-order valence-corrected chi connectivity index (χ4v) is 1.99. The van der Waals surface area contributed by atoms with Crippen LogP contribution in [0.4, 0.5) is 14.9 Å². The van der Waals surface area contributed by atoms with Crippen LogP contribution in [-0.4, -0.2) is 38.5 Å². The van der Waals surface area contributed by atoms with Crippen molar-refractivity contribution in [3.05, 3.63) is 29.0 Å². The Morgan fingerprint density at radius 1 is 1.53 bits per heavy atom. The number of hydrogen-bond acceptors (Lipinski definition) is 3. The van der Waals surface area contributed by atoms with Gasteiger partial charge in [0.05, 0.1) is 24.3 Å². The molecule has 104 valence electrons. The summed E-state index contributed by atoms with van der Waals surface area (Å²) in [5.41, 5.74) is 0.414. The van der Waals surface area contributed by atoms with Gasteiger partial charge in [-0.1, -0.05) is 11.6 Å². The number of hydrogen-bond donors (Lipinski definition) is 2. The summed E-state index contributed by atoms with van der Waals surface area (Å²) in [6, 6.07) is 3.34. The van der Waals surface area contributed by atoms with Crippen LogP contribution < -0.4 is 10.6 Å². The molecule has 1 aliphatic rings. The minimum absolute atomic E-state index is 0.0447. The summed E-state index contributed by atoms with van der Waals surface area (Å²) >= 11 is 5.63. The summed E-state index contributed by atoms with van der Waals surface area (Å²) < 4.78 is 23.3. The number of halogens is 2. The zero-order chi connectivity index (χ0) is 13.8. The van der Waals surface area contributed by atoms with Gasteiger partial charge in [-0.05, 0) is 18.2 Å². The number of nitrogens with one attached hydrogen (secondary N) is 2. The molecular weight excluding hydrogens is 275 g/mol. The van der Waals surface area contributed by atoms with Gasteiger partial charge in [-0.25, -0.2) is 9.18 Å². The lowest BCUT2D eigenvalue weighted by molar-refractivity contribution is 0.0748. The molecule has 2 amide bonds. The van der Waals surface area contributed by atoms with Crippen molar-refractivity contribution in [2.75, 3.05) is 25.6 Å². The SMILES string of the molecule is CO[C@H]1COC[C@@H]1NC(=O)Nc1ccc(F)c(Cl)c1. The Hall–Kier alpha value is -1.37. The molecule has 2 rings (SSSR count). The van der Waals surface area contributed by atoms with E-state index in [0.29, 0.717) is 18.9 Å². The molecule has 5 nitrogen and oxygen atoms in total. The van der Waals surface area contributed by atoms with E-state index >= 15 is 0 Å². The third-order valence-electron chi connectivity index (χ3n) is 2.83.